The van der Waals surface area contributed by atoms with Gasteiger partial charge in [-0.25, -0.2) is 4.68 Å². The normalized spacial score (nSPS) is 10.6. The van der Waals surface area contributed by atoms with Gasteiger partial charge >= 0.3 is 0 Å². The molecule has 2 heterocycles. The molecule has 0 unspecified atom stereocenters. The number of aromatic nitrogens is 5. The van der Waals surface area contributed by atoms with Crippen LogP contribution in [0.4, 0.5) is 5.13 Å². The van der Waals surface area contributed by atoms with Crippen LogP contribution in [0.15, 0.2) is 42.5 Å². The van der Waals surface area contributed by atoms with Crippen LogP contribution >= 0.6 is 11.5 Å². The molecule has 4 rings (SSSR count). The molecule has 0 spiro atoms. The number of amides is 1. The van der Waals surface area contributed by atoms with Crippen molar-refractivity contribution < 1.29 is 19.0 Å². The summed E-state index contributed by atoms with van der Waals surface area (Å²) in [6.07, 6.45) is 0. The highest BCUT2D eigenvalue weighted by Gasteiger charge is 2.18. The maximum atomic E-state index is 12.7. The minimum Gasteiger partial charge on any atom is -0.497 e. The van der Waals surface area contributed by atoms with E-state index >= 15 is 0 Å². The first-order valence-electron chi connectivity index (χ1n) is 9.47. The minimum absolute atomic E-state index is 0.335. The molecule has 0 saturated carbocycles. The van der Waals surface area contributed by atoms with Crippen molar-refractivity contribution in [2.24, 2.45) is 0 Å². The van der Waals surface area contributed by atoms with Gasteiger partial charge in [0.05, 0.1) is 32.7 Å². The highest BCUT2D eigenvalue weighted by molar-refractivity contribution is 7.10. The Morgan fingerprint density at radius 3 is 2.41 bits per heavy atom. The van der Waals surface area contributed by atoms with Crippen molar-refractivity contribution in [2.45, 2.75) is 6.92 Å². The molecule has 0 aliphatic rings. The molecule has 0 atom stereocenters. The molecular weight excluding hydrogens is 432 g/mol. The second-order valence-corrected chi connectivity index (χ2v) is 7.37. The van der Waals surface area contributed by atoms with Gasteiger partial charge in [-0.05, 0) is 31.2 Å². The van der Waals surface area contributed by atoms with E-state index in [-0.39, 0.29) is 5.91 Å². The van der Waals surface area contributed by atoms with Gasteiger partial charge in [0, 0.05) is 29.2 Å². The van der Waals surface area contributed by atoms with E-state index < -0.39 is 0 Å². The van der Waals surface area contributed by atoms with E-state index in [9.17, 15) is 4.79 Å². The van der Waals surface area contributed by atoms with Gasteiger partial charge in [-0.2, -0.15) is 9.36 Å². The third-order valence-electron chi connectivity index (χ3n) is 4.66. The number of ether oxygens (including phenoxy) is 3. The third-order valence-corrected chi connectivity index (χ3v) is 5.29. The van der Waals surface area contributed by atoms with Gasteiger partial charge in [-0.1, -0.05) is 11.3 Å². The van der Waals surface area contributed by atoms with Crippen molar-refractivity contribution >= 4 is 22.6 Å². The molecule has 4 aromatic rings. The minimum atomic E-state index is -0.360. The van der Waals surface area contributed by atoms with Crippen molar-refractivity contribution in [1.82, 2.24) is 24.4 Å². The SMILES string of the molecule is COc1cc(OC)cc(C(=O)Nc2nc(-c3nnn(-c4cccc(OC)c4)c3C)ns2)c1. The van der Waals surface area contributed by atoms with E-state index in [0.29, 0.717) is 39.5 Å². The average molecular weight is 452 g/mol. The molecule has 164 valence electrons. The maximum absolute atomic E-state index is 12.7. The van der Waals surface area contributed by atoms with Crippen molar-refractivity contribution in [3.8, 4) is 34.5 Å². The molecule has 32 heavy (non-hydrogen) atoms. The molecule has 0 fully saturated rings. The van der Waals surface area contributed by atoms with E-state index in [4.69, 9.17) is 14.2 Å². The highest BCUT2D eigenvalue weighted by Crippen LogP contribution is 2.26. The van der Waals surface area contributed by atoms with Gasteiger partial charge < -0.3 is 14.2 Å². The summed E-state index contributed by atoms with van der Waals surface area (Å²) >= 11 is 1.05. The summed E-state index contributed by atoms with van der Waals surface area (Å²) < 4.78 is 21.7. The van der Waals surface area contributed by atoms with E-state index in [0.717, 1.165) is 22.9 Å². The molecule has 1 amide bonds. The number of anilines is 1. The summed E-state index contributed by atoms with van der Waals surface area (Å²) in [5.41, 5.74) is 2.45. The standard InChI is InChI=1S/C21H20N6O4S/c1-12-18(24-26-27(12)14-6-5-7-15(10-14)29-2)19-22-21(32-25-19)23-20(28)13-8-16(30-3)11-17(9-13)31-4/h5-11H,1-4H3,(H,22,23,25,28). The first-order chi connectivity index (χ1) is 15.5. The summed E-state index contributed by atoms with van der Waals surface area (Å²) in [4.78, 5) is 17.1. The van der Waals surface area contributed by atoms with Gasteiger partial charge in [0.15, 0.2) is 11.5 Å². The largest absolute Gasteiger partial charge is 0.497 e. The molecular formula is C21H20N6O4S. The van der Waals surface area contributed by atoms with E-state index in [2.05, 4.69) is 25.0 Å². The molecule has 1 N–H and O–H groups in total. The van der Waals surface area contributed by atoms with Gasteiger partial charge in [-0.15, -0.1) is 5.10 Å². The van der Waals surface area contributed by atoms with Crippen LogP contribution in [-0.4, -0.2) is 51.6 Å². The number of carbonyl (C=O) groups excluding carboxylic acids is 1. The lowest BCUT2D eigenvalue weighted by molar-refractivity contribution is 0.102. The Labute approximate surface area is 187 Å². The fourth-order valence-corrected chi connectivity index (χ4v) is 3.57. The number of hydrogen-bond donors (Lipinski definition) is 1. The van der Waals surface area contributed by atoms with Crippen LogP contribution in [0.1, 0.15) is 16.1 Å². The molecule has 0 aliphatic carbocycles. The summed E-state index contributed by atoms with van der Waals surface area (Å²) in [6, 6.07) is 12.4. The molecule has 2 aromatic carbocycles. The number of nitrogens with one attached hydrogen (secondary N) is 1. The van der Waals surface area contributed by atoms with Crippen LogP contribution in [-0.2, 0) is 0 Å². The Bertz CT molecular complexity index is 1250. The predicted octanol–water partition coefficient (Wildman–Crippen LogP) is 3.37. The molecule has 11 heteroatoms. The topological polar surface area (TPSA) is 113 Å². The molecule has 2 aromatic heterocycles. The fraction of sp³-hybridized carbons (Fsp3) is 0.190. The predicted molar refractivity (Wildman–Crippen MR) is 119 cm³/mol. The zero-order valence-corrected chi connectivity index (χ0v) is 18.6. The Kier molecular flexibility index (Phi) is 5.99. The number of nitrogens with zero attached hydrogens (tertiary/aromatic N) is 5. The van der Waals surface area contributed by atoms with Gasteiger partial charge in [0.2, 0.25) is 5.13 Å². The second kappa shape index (κ2) is 9.02. The van der Waals surface area contributed by atoms with Crippen LogP contribution in [0.2, 0.25) is 0 Å². The molecule has 0 saturated heterocycles. The van der Waals surface area contributed by atoms with E-state index in [1.165, 1.54) is 14.2 Å². The van der Waals surface area contributed by atoms with Gasteiger partial charge in [0.1, 0.15) is 17.2 Å². The monoisotopic (exact) mass is 452 g/mol. The van der Waals surface area contributed by atoms with Crippen molar-refractivity contribution in [3.05, 3.63) is 53.7 Å². The van der Waals surface area contributed by atoms with Crippen molar-refractivity contribution in [2.75, 3.05) is 26.6 Å². The number of rotatable bonds is 7. The Morgan fingerprint density at radius 1 is 1.00 bits per heavy atom. The zero-order valence-electron chi connectivity index (χ0n) is 17.8. The average Bonchev–Trinajstić information content (AvgIpc) is 3.44. The highest BCUT2D eigenvalue weighted by atomic mass is 32.1. The molecule has 0 radical (unpaired) electrons. The zero-order chi connectivity index (χ0) is 22.7. The Morgan fingerprint density at radius 2 is 1.72 bits per heavy atom. The van der Waals surface area contributed by atoms with Crippen LogP contribution in [0.3, 0.4) is 0 Å². The third kappa shape index (κ3) is 4.23. The first kappa shape index (κ1) is 21.2. The lowest BCUT2D eigenvalue weighted by atomic mass is 10.2. The molecule has 0 bridgehead atoms. The molecule has 0 aliphatic heterocycles. The summed E-state index contributed by atoms with van der Waals surface area (Å²) in [5.74, 6) is 1.75. The van der Waals surface area contributed by atoms with Gasteiger partial charge in [0.25, 0.3) is 5.91 Å². The second-order valence-electron chi connectivity index (χ2n) is 6.62. The Balaban J connectivity index is 1.56. The Hall–Kier alpha value is -3.99. The smallest absolute Gasteiger partial charge is 0.257 e. The van der Waals surface area contributed by atoms with Crippen LogP contribution in [0, 0.1) is 6.92 Å². The molecule has 10 nitrogen and oxygen atoms in total. The number of carbonyl (C=O) groups is 1. The number of methoxy groups -OCH3 is 3. The van der Waals surface area contributed by atoms with Crippen LogP contribution in [0.5, 0.6) is 17.2 Å². The number of benzene rings is 2. The lowest BCUT2D eigenvalue weighted by Gasteiger charge is -2.07. The summed E-state index contributed by atoms with van der Waals surface area (Å²) in [7, 11) is 4.65. The summed E-state index contributed by atoms with van der Waals surface area (Å²) in [5, 5.41) is 11.5. The quantitative estimate of drug-likeness (QED) is 0.454. The van der Waals surface area contributed by atoms with Crippen molar-refractivity contribution in [1.29, 1.82) is 0 Å². The van der Waals surface area contributed by atoms with Crippen LogP contribution < -0.4 is 19.5 Å². The lowest BCUT2D eigenvalue weighted by Crippen LogP contribution is -2.12. The maximum Gasteiger partial charge on any atom is 0.257 e. The van der Waals surface area contributed by atoms with E-state index in [1.807, 2.05) is 31.2 Å². The van der Waals surface area contributed by atoms with Crippen LogP contribution in [0.25, 0.3) is 17.2 Å². The van der Waals surface area contributed by atoms with Crippen molar-refractivity contribution in [3.63, 3.8) is 0 Å². The first-order valence-corrected chi connectivity index (χ1v) is 10.2. The van der Waals surface area contributed by atoms with E-state index in [1.54, 1.807) is 30.0 Å². The number of hydrogen-bond acceptors (Lipinski definition) is 9. The van der Waals surface area contributed by atoms with Gasteiger partial charge in [-0.3, -0.25) is 10.1 Å². The fourth-order valence-electron chi connectivity index (χ4n) is 3.00. The summed E-state index contributed by atoms with van der Waals surface area (Å²) in [6.45, 7) is 1.87.